The fourth-order valence-corrected chi connectivity index (χ4v) is 4.14. The lowest BCUT2D eigenvalue weighted by molar-refractivity contribution is -0.135. The maximum atomic E-state index is 12.8. The normalized spacial score (nSPS) is 14.3. The van der Waals surface area contributed by atoms with E-state index in [1.165, 1.54) is 10.9 Å². The van der Waals surface area contributed by atoms with E-state index in [9.17, 15) is 9.59 Å². The third kappa shape index (κ3) is 3.92. The Hall–Kier alpha value is -4.47. The summed E-state index contributed by atoms with van der Waals surface area (Å²) in [5.74, 6) is 2.02. The van der Waals surface area contributed by atoms with Gasteiger partial charge in [-0.25, -0.2) is 14.8 Å². The Bertz CT molecular complexity index is 1520. The highest BCUT2D eigenvalue weighted by Gasteiger charge is 2.29. The molecule has 4 aromatic rings. The number of allylic oxidation sites excluding steroid dienone is 2. The maximum absolute atomic E-state index is 12.8. The third-order valence-electron chi connectivity index (χ3n) is 6.06. The zero-order chi connectivity index (χ0) is 24.1. The highest BCUT2D eigenvalue weighted by molar-refractivity contribution is 5.98. The molecular weight excluding hydrogens is 448 g/mol. The van der Waals surface area contributed by atoms with Crippen LogP contribution in [0.3, 0.4) is 0 Å². The summed E-state index contributed by atoms with van der Waals surface area (Å²) in [6.07, 6.45) is 6.06. The van der Waals surface area contributed by atoms with Gasteiger partial charge in [-0.1, -0.05) is 25.1 Å². The average molecular weight is 470 g/mol. The van der Waals surface area contributed by atoms with Crippen LogP contribution in [-0.4, -0.2) is 36.5 Å². The fraction of sp³-hybridized carbons (Fsp3) is 0.240. The smallest absolute Gasteiger partial charge is 0.331 e. The van der Waals surface area contributed by atoms with Crippen LogP contribution in [0.2, 0.25) is 0 Å². The van der Waals surface area contributed by atoms with Crippen molar-refractivity contribution in [2.45, 2.75) is 33.4 Å². The summed E-state index contributed by atoms with van der Waals surface area (Å²) in [6, 6.07) is 8.63. The first kappa shape index (κ1) is 21.1. The molecule has 0 saturated heterocycles. The molecule has 1 aliphatic carbocycles. The summed E-state index contributed by atoms with van der Waals surface area (Å²) in [4.78, 5) is 35.6. The van der Waals surface area contributed by atoms with Crippen LogP contribution in [-0.2, 0) is 17.9 Å². The van der Waals surface area contributed by atoms with Gasteiger partial charge >= 0.3 is 6.03 Å². The van der Waals surface area contributed by atoms with Gasteiger partial charge in [-0.2, -0.15) is 0 Å². The number of benzene rings is 1. The summed E-state index contributed by atoms with van der Waals surface area (Å²) < 4.78 is 12.8. The number of carbonyl (C=O) groups is 2. The van der Waals surface area contributed by atoms with Crippen molar-refractivity contribution in [1.29, 1.82) is 0 Å². The van der Waals surface area contributed by atoms with Gasteiger partial charge in [0.1, 0.15) is 12.1 Å². The molecule has 2 amide bonds. The van der Waals surface area contributed by atoms with E-state index >= 15 is 0 Å². The highest BCUT2D eigenvalue weighted by Crippen LogP contribution is 2.33. The molecule has 2 aliphatic rings. The molecule has 1 aromatic carbocycles. The summed E-state index contributed by atoms with van der Waals surface area (Å²) in [6.45, 7) is 4.63. The van der Waals surface area contributed by atoms with Gasteiger partial charge in [-0.05, 0) is 36.3 Å². The number of fused-ring (bicyclic) bond motifs is 2. The molecule has 3 aromatic heterocycles. The van der Waals surface area contributed by atoms with Crippen molar-refractivity contribution in [2.75, 3.05) is 5.32 Å². The lowest BCUT2D eigenvalue weighted by Gasteiger charge is -2.17. The average Bonchev–Trinajstić information content (AvgIpc) is 3.24. The molecule has 10 heteroatoms. The highest BCUT2D eigenvalue weighted by atomic mass is 16.5. The summed E-state index contributed by atoms with van der Waals surface area (Å²) in [5.41, 5.74) is 3.41. The molecule has 176 valence electrons. The monoisotopic (exact) mass is 470 g/mol. The molecule has 0 atom stereocenters. The number of carbonyl (C=O) groups excluding carboxylic acids is 2. The van der Waals surface area contributed by atoms with Crippen LogP contribution in [0.5, 0.6) is 11.6 Å². The largest absolute Gasteiger partial charge is 0.439 e. The van der Waals surface area contributed by atoms with Crippen LogP contribution in [0, 0.1) is 5.92 Å². The molecule has 10 nitrogen and oxygen atoms in total. The molecule has 35 heavy (non-hydrogen) atoms. The Morgan fingerprint density at radius 3 is 2.80 bits per heavy atom. The summed E-state index contributed by atoms with van der Waals surface area (Å²) in [7, 11) is 0. The predicted molar refractivity (Wildman–Crippen MR) is 127 cm³/mol. The van der Waals surface area contributed by atoms with Crippen LogP contribution >= 0.6 is 0 Å². The fourth-order valence-electron chi connectivity index (χ4n) is 4.14. The number of anilines is 1. The zero-order valence-electron chi connectivity index (χ0n) is 19.2. The van der Waals surface area contributed by atoms with Crippen molar-refractivity contribution in [3.63, 3.8) is 0 Å². The summed E-state index contributed by atoms with van der Waals surface area (Å²) >= 11 is 0. The van der Waals surface area contributed by atoms with E-state index in [-0.39, 0.29) is 17.9 Å². The topological polar surface area (TPSA) is 115 Å². The number of nitrogens with one attached hydrogen (secondary N) is 1. The van der Waals surface area contributed by atoms with Gasteiger partial charge in [0.15, 0.2) is 11.6 Å². The van der Waals surface area contributed by atoms with Gasteiger partial charge < -0.3 is 14.2 Å². The van der Waals surface area contributed by atoms with Gasteiger partial charge in [0, 0.05) is 23.6 Å². The number of hydrogen-bond acceptors (Lipinski definition) is 7. The predicted octanol–water partition coefficient (Wildman–Crippen LogP) is 4.58. The molecule has 0 spiro atoms. The van der Waals surface area contributed by atoms with Gasteiger partial charge in [0.05, 0.1) is 29.9 Å². The Balaban J connectivity index is 1.20. The second kappa shape index (κ2) is 8.08. The molecule has 4 heterocycles. The van der Waals surface area contributed by atoms with Crippen molar-refractivity contribution >= 4 is 34.2 Å². The van der Waals surface area contributed by atoms with Crippen LogP contribution in [0.15, 0.2) is 53.5 Å². The third-order valence-corrected chi connectivity index (χ3v) is 6.06. The Labute approximate surface area is 200 Å². The molecule has 0 fully saturated rings. The maximum Gasteiger partial charge on any atom is 0.331 e. The summed E-state index contributed by atoms with van der Waals surface area (Å²) in [5, 5.41) is 7.48. The molecule has 0 bridgehead atoms. The first-order valence-electron chi connectivity index (χ1n) is 11.3. The van der Waals surface area contributed by atoms with Crippen LogP contribution < -0.4 is 10.1 Å². The van der Waals surface area contributed by atoms with Gasteiger partial charge in [0.25, 0.3) is 0 Å². The number of hydrogen-bond donors (Lipinski definition) is 1. The van der Waals surface area contributed by atoms with E-state index in [4.69, 9.17) is 9.26 Å². The molecule has 0 unspecified atom stereocenters. The van der Waals surface area contributed by atoms with E-state index in [0.717, 1.165) is 28.6 Å². The Morgan fingerprint density at radius 2 is 2.00 bits per heavy atom. The Kier molecular flexibility index (Phi) is 4.87. The van der Waals surface area contributed by atoms with Gasteiger partial charge in [-0.15, -0.1) is 0 Å². The second-order valence-corrected chi connectivity index (χ2v) is 8.90. The van der Waals surface area contributed by atoms with E-state index < -0.39 is 0 Å². The van der Waals surface area contributed by atoms with Crippen molar-refractivity contribution in [3.8, 4) is 11.6 Å². The van der Waals surface area contributed by atoms with E-state index in [1.807, 2.05) is 38.1 Å². The Morgan fingerprint density at radius 1 is 1.14 bits per heavy atom. The number of aromatic nitrogens is 4. The number of rotatable bonds is 5. The quantitative estimate of drug-likeness (QED) is 0.454. The first-order chi connectivity index (χ1) is 17.0. The molecule has 6 rings (SSSR count). The number of amides is 2. The molecule has 0 radical (unpaired) electrons. The standard InChI is InChI=1S/C25H22N6O4/c1-14(2)24(32)30-11-18-19(12-30)26-13-27-23(18)34-17-5-6-20-16(9-17)7-8-31(20)25(33)28-22-10-21(35-29-22)15-3-4-15/h3,5-10,13-14H,4,11-12H2,1-2H3,(H,28,29,33). The van der Waals surface area contributed by atoms with Crippen LogP contribution in [0.1, 0.15) is 37.3 Å². The second-order valence-electron chi connectivity index (χ2n) is 8.90. The number of ether oxygens (including phenoxy) is 1. The molecule has 0 saturated carbocycles. The lowest BCUT2D eigenvalue weighted by Crippen LogP contribution is -2.29. The van der Waals surface area contributed by atoms with Crippen molar-refractivity contribution in [3.05, 3.63) is 65.9 Å². The van der Waals surface area contributed by atoms with Gasteiger partial charge in [0.2, 0.25) is 11.8 Å². The molecular formula is C25H22N6O4. The van der Waals surface area contributed by atoms with Crippen molar-refractivity contribution in [2.24, 2.45) is 5.92 Å². The molecule has 1 N–H and O–H groups in total. The SMILES string of the molecule is CC(C)C(=O)N1Cc2ncnc(Oc3ccc4c(ccn4C(=O)Nc4cc(C5=CC5)on4)c3)c2C1. The lowest BCUT2D eigenvalue weighted by atomic mass is 10.2. The van der Waals surface area contributed by atoms with Crippen LogP contribution in [0.4, 0.5) is 10.6 Å². The zero-order valence-corrected chi connectivity index (χ0v) is 19.2. The minimum absolute atomic E-state index is 0.0708. The minimum Gasteiger partial charge on any atom is -0.439 e. The van der Waals surface area contributed by atoms with Gasteiger partial charge in [-0.3, -0.25) is 14.7 Å². The van der Waals surface area contributed by atoms with Crippen molar-refractivity contribution < 1.29 is 18.8 Å². The van der Waals surface area contributed by atoms with E-state index in [2.05, 4.69) is 20.4 Å². The minimum atomic E-state index is -0.346. The van der Waals surface area contributed by atoms with E-state index in [1.54, 1.807) is 23.2 Å². The van der Waals surface area contributed by atoms with Crippen molar-refractivity contribution in [1.82, 2.24) is 24.6 Å². The molecule has 1 aliphatic heterocycles. The number of nitrogens with zero attached hydrogens (tertiary/aromatic N) is 5. The van der Waals surface area contributed by atoms with E-state index in [0.29, 0.717) is 41.8 Å². The first-order valence-corrected chi connectivity index (χ1v) is 11.3. The van der Waals surface area contributed by atoms with Crippen LogP contribution in [0.25, 0.3) is 16.5 Å².